The van der Waals surface area contributed by atoms with E-state index in [9.17, 15) is 49.8 Å². The Labute approximate surface area is 328 Å². The number of benzene rings is 5. The lowest BCUT2D eigenvalue weighted by Gasteiger charge is -2.16. The van der Waals surface area contributed by atoms with Gasteiger partial charge in [0, 0.05) is 29.1 Å². The standard InChI is InChI=1S/C33H28N8O14S3/c1-18-11-21(7-9-25(18)37-35-20-5-4-6-23(13-20)55-17-42)36-39-27-15-28(57(49,50)53-2)24-14-29(58(51,52)54-3)32(33(43)30(24)31(27)34)40-38-26-10-8-22(41(44)45)12-19(26)16-56(46,47)48/h4-15,17,43H,16,34H2,1-3H3,(H,46,47,48). The van der Waals surface area contributed by atoms with E-state index in [4.69, 9.17) is 14.7 Å². The summed E-state index contributed by atoms with van der Waals surface area (Å²) in [5.41, 5.74) is 4.90. The van der Waals surface area contributed by atoms with Crippen LogP contribution in [-0.4, -0.2) is 60.5 Å². The van der Waals surface area contributed by atoms with Crippen LogP contribution in [0.25, 0.3) is 10.8 Å². The van der Waals surface area contributed by atoms with Gasteiger partial charge in [-0.05, 0) is 61.0 Å². The Morgan fingerprint density at radius 2 is 1.40 bits per heavy atom. The number of ether oxygens (including phenoxy) is 1. The molecule has 25 heteroatoms. The summed E-state index contributed by atoms with van der Waals surface area (Å²) in [6.07, 6.45) is 0. The van der Waals surface area contributed by atoms with Gasteiger partial charge in [-0.2, -0.15) is 45.7 Å². The smallest absolute Gasteiger partial charge is 0.299 e. The van der Waals surface area contributed by atoms with E-state index < -0.39 is 95.7 Å². The molecule has 58 heavy (non-hydrogen) atoms. The molecule has 0 amide bonds. The maximum atomic E-state index is 13.2. The lowest BCUT2D eigenvalue weighted by atomic mass is 10.0. The normalized spacial score (nSPS) is 12.6. The van der Waals surface area contributed by atoms with Gasteiger partial charge in [-0.25, -0.2) is 0 Å². The van der Waals surface area contributed by atoms with Gasteiger partial charge in [0.15, 0.2) is 5.75 Å². The fourth-order valence-corrected chi connectivity index (χ4v) is 7.48. The topological polar surface area (TPSA) is 331 Å². The Kier molecular flexibility index (Phi) is 12.3. The minimum atomic E-state index is -4.86. The average Bonchev–Trinajstić information content (AvgIpc) is 3.16. The number of phenols is 1. The summed E-state index contributed by atoms with van der Waals surface area (Å²) in [4.78, 5) is 19.4. The van der Waals surface area contributed by atoms with Gasteiger partial charge >= 0.3 is 0 Å². The van der Waals surface area contributed by atoms with E-state index in [2.05, 4.69) is 34.9 Å². The molecular weight excluding hydrogens is 829 g/mol. The van der Waals surface area contributed by atoms with Crippen molar-refractivity contribution in [1.29, 1.82) is 0 Å². The number of carbonyl (C=O) groups is 1. The van der Waals surface area contributed by atoms with Crippen LogP contribution in [-0.2, 0) is 49.3 Å². The third-order valence-corrected chi connectivity index (χ3v) is 11.2. The Bertz CT molecular complexity index is 2920. The van der Waals surface area contributed by atoms with Crippen molar-refractivity contribution in [3.63, 3.8) is 0 Å². The molecule has 0 saturated heterocycles. The van der Waals surface area contributed by atoms with Crippen LogP contribution < -0.4 is 10.5 Å². The first-order chi connectivity index (χ1) is 27.3. The van der Waals surface area contributed by atoms with Gasteiger partial charge in [0.25, 0.3) is 42.5 Å². The predicted molar refractivity (Wildman–Crippen MR) is 204 cm³/mol. The number of rotatable bonds is 15. The fourth-order valence-electron chi connectivity index (χ4n) is 5.18. The maximum Gasteiger partial charge on any atom is 0.299 e. The van der Waals surface area contributed by atoms with Crippen molar-refractivity contribution in [1.82, 2.24) is 0 Å². The molecule has 0 aliphatic carbocycles. The van der Waals surface area contributed by atoms with Crippen molar-refractivity contribution in [3.05, 3.63) is 94.0 Å². The van der Waals surface area contributed by atoms with Gasteiger partial charge in [-0.1, -0.05) is 6.07 Å². The van der Waals surface area contributed by atoms with Gasteiger partial charge in [0.05, 0.1) is 53.0 Å². The number of hydrogen-bond acceptors (Lipinski definition) is 20. The second-order valence-electron chi connectivity index (χ2n) is 11.6. The quantitative estimate of drug-likeness (QED) is 0.0178. The Hall–Kier alpha value is -6.64. The molecule has 5 rings (SSSR count). The molecule has 0 unspecified atom stereocenters. The monoisotopic (exact) mass is 856 g/mol. The summed E-state index contributed by atoms with van der Waals surface area (Å²) in [6.45, 7) is 1.96. The van der Waals surface area contributed by atoms with E-state index in [1.807, 2.05) is 0 Å². The van der Waals surface area contributed by atoms with Gasteiger partial charge in [-0.3, -0.25) is 27.8 Å². The first-order valence-electron chi connectivity index (χ1n) is 15.8. The van der Waals surface area contributed by atoms with Crippen molar-refractivity contribution in [2.75, 3.05) is 20.0 Å². The molecule has 0 aliphatic heterocycles. The number of aromatic hydroxyl groups is 1. The fraction of sp³-hybridized carbons (Fsp3) is 0.121. The number of azo groups is 3. The molecule has 0 fully saturated rings. The number of carbonyl (C=O) groups excluding carboxylic acids is 1. The van der Waals surface area contributed by atoms with Crippen molar-refractivity contribution in [2.24, 2.45) is 30.7 Å². The number of nitrogen functional groups attached to an aromatic ring is 1. The average molecular weight is 857 g/mol. The molecule has 5 aromatic rings. The lowest BCUT2D eigenvalue weighted by molar-refractivity contribution is -0.384. The number of nitrogens with zero attached hydrogens (tertiary/aromatic N) is 7. The third-order valence-electron chi connectivity index (χ3n) is 7.89. The number of hydrogen-bond donors (Lipinski definition) is 3. The number of anilines is 1. The number of nitro benzene ring substituents is 1. The first kappa shape index (κ1) is 42.5. The predicted octanol–water partition coefficient (Wildman–Crippen LogP) is 7.18. The van der Waals surface area contributed by atoms with Gasteiger partial charge in [-0.15, -0.1) is 10.2 Å². The summed E-state index contributed by atoms with van der Waals surface area (Å²) in [5, 5.41) is 46.0. The van der Waals surface area contributed by atoms with E-state index in [1.54, 1.807) is 37.3 Å². The molecule has 22 nitrogen and oxygen atoms in total. The van der Waals surface area contributed by atoms with E-state index in [1.165, 1.54) is 12.1 Å². The minimum Gasteiger partial charge on any atom is -0.505 e. The summed E-state index contributed by atoms with van der Waals surface area (Å²) in [7, 11) is -12.8. The highest BCUT2D eigenvalue weighted by Gasteiger charge is 2.30. The Morgan fingerprint density at radius 1 is 0.776 bits per heavy atom. The number of nitrogens with two attached hydrogens (primary N) is 1. The molecule has 4 N–H and O–H groups in total. The van der Waals surface area contributed by atoms with Crippen LogP contribution in [0.15, 0.2) is 113 Å². The minimum absolute atomic E-state index is 0.220. The SMILES string of the molecule is COS(=O)(=O)c1cc2c(S(=O)(=O)OC)cc(N=Nc3ccc(N=Nc4cccc(OC=O)c4)c(C)c3)c(N)c2c(O)c1N=Nc1ccc([N+](=O)[O-])cc1CS(=O)(=O)O. The second-order valence-corrected chi connectivity index (χ2v) is 16.4. The van der Waals surface area contributed by atoms with Gasteiger partial charge in [0.2, 0.25) is 0 Å². The number of fused-ring (bicyclic) bond motifs is 1. The summed E-state index contributed by atoms with van der Waals surface area (Å²) in [6, 6.07) is 15.2. The molecule has 0 radical (unpaired) electrons. The lowest BCUT2D eigenvalue weighted by Crippen LogP contribution is -2.07. The zero-order valence-corrected chi connectivity index (χ0v) is 32.4. The molecule has 0 aliphatic rings. The van der Waals surface area contributed by atoms with E-state index in [0.29, 0.717) is 16.9 Å². The molecule has 0 heterocycles. The van der Waals surface area contributed by atoms with Crippen LogP contribution >= 0.6 is 0 Å². The molecule has 302 valence electrons. The zero-order valence-electron chi connectivity index (χ0n) is 29.9. The van der Waals surface area contributed by atoms with Crippen LogP contribution in [0.1, 0.15) is 11.1 Å². The van der Waals surface area contributed by atoms with Crippen LogP contribution in [0.5, 0.6) is 11.5 Å². The van der Waals surface area contributed by atoms with Gasteiger partial charge < -0.3 is 15.6 Å². The molecule has 0 atom stereocenters. The molecule has 0 saturated carbocycles. The number of phenolic OH excluding ortho intramolecular Hbond substituents is 1. The van der Waals surface area contributed by atoms with Crippen LogP contribution in [0.2, 0.25) is 0 Å². The number of nitro groups is 1. The van der Waals surface area contributed by atoms with E-state index in [0.717, 1.165) is 44.6 Å². The Morgan fingerprint density at radius 3 is 2.02 bits per heavy atom. The van der Waals surface area contributed by atoms with Crippen molar-refractivity contribution >= 4 is 93.1 Å². The largest absolute Gasteiger partial charge is 0.505 e. The van der Waals surface area contributed by atoms with Crippen molar-refractivity contribution < 1.29 is 57.7 Å². The third kappa shape index (κ3) is 9.48. The molecule has 0 bridgehead atoms. The number of aryl methyl sites for hydroxylation is 1. The second kappa shape index (κ2) is 16.8. The molecule has 0 aromatic heterocycles. The highest BCUT2D eigenvalue weighted by atomic mass is 32.2. The van der Waals surface area contributed by atoms with Crippen LogP contribution in [0, 0.1) is 17.0 Å². The number of non-ortho nitro benzene ring substituents is 1. The molecule has 0 spiro atoms. The Balaban J connectivity index is 1.66. The highest BCUT2D eigenvalue weighted by Crippen LogP contribution is 2.49. The van der Waals surface area contributed by atoms with Gasteiger partial charge in [0.1, 0.15) is 32.7 Å². The molecule has 5 aromatic carbocycles. The summed E-state index contributed by atoms with van der Waals surface area (Å²) >= 11 is 0. The highest BCUT2D eigenvalue weighted by molar-refractivity contribution is 7.87. The van der Waals surface area contributed by atoms with Crippen molar-refractivity contribution in [2.45, 2.75) is 22.5 Å². The summed E-state index contributed by atoms with van der Waals surface area (Å²) < 4.78 is 99.7. The first-order valence-corrected chi connectivity index (χ1v) is 20.2. The van der Waals surface area contributed by atoms with Crippen LogP contribution in [0.4, 0.5) is 45.5 Å². The zero-order chi connectivity index (χ0) is 42.6. The van der Waals surface area contributed by atoms with Crippen LogP contribution in [0.3, 0.4) is 0 Å². The van der Waals surface area contributed by atoms with Crippen molar-refractivity contribution in [3.8, 4) is 11.5 Å². The molecular formula is C33H28N8O14S3. The van der Waals surface area contributed by atoms with E-state index >= 15 is 0 Å². The van der Waals surface area contributed by atoms with E-state index in [-0.39, 0.29) is 23.6 Å². The summed E-state index contributed by atoms with van der Waals surface area (Å²) in [5.74, 6) is -1.99. The maximum absolute atomic E-state index is 13.2.